The molecule has 0 fully saturated rings. The monoisotopic (exact) mass is 704 g/mol. The quantitative estimate of drug-likeness (QED) is 0.311. The molecule has 6 heteroatoms. The Balaban J connectivity index is 0.862. The highest BCUT2D eigenvalue weighted by molar-refractivity contribution is 8.04. The number of nitrogens with zero attached hydrogens (tertiary/aromatic N) is 2. The van der Waals surface area contributed by atoms with Crippen molar-refractivity contribution in [1.82, 2.24) is 15.2 Å². The smallest absolute Gasteiger partial charge is 0.126 e. The van der Waals surface area contributed by atoms with Gasteiger partial charge >= 0.3 is 0 Å². The predicted octanol–water partition coefficient (Wildman–Crippen LogP) is 10.1. The Kier molecular flexibility index (Phi) is 7.44. The molecule has 0 saturated heterocycles. The zero-order valence-corrected chi connectivity index (χ0v) is 30.8. The molecule has 0 saturated carbocycles. The first-order chi connectivity index (χ1) is 25.6. The molecular weight excluding hydrogens is 657 g/mol. The van der Waals surface area contributed by atoms with Gasteiger partial charge < -0.3 is 14.6 Å². The average molecular weight is 705 g/mol. The highest BCUT2D eigenvalue weighted by Crippen LogP contribution is 2.63. The number of benzene rings is 1. The van der Waals surface area contributed by atoms with Gasteiger partial charge in [-0.3, -0.25) is 5.32 Å². The molecule has 5 nitrogen and oxygen atoms in total. The number of aromatic nitrogens is 1. The summed E-state index contributed by atoms with van der Waals surface area (Å²) in [6.07, 6.45) is 41.4. The summed E-state index contributed by atoms with van der Waals surface area (Å²) < 4.78 is 9.74. The number of ether oxygens (including phenoxy) is 1. The number of thioether (sulfide) groups is 1. The molecule has 11 rings (SSSR count). The van der Waals surface area contributed by atoms with Crippen LogP contribution in [0.1, 0.15) is 82.0 Å². The lowest BCUT2D eigenvalue weighted by atomic mass is 9.76. The summed E-state index contributed by atoms with van der Waals surface area (Å²) >= 11 is 2.10. The van der Waals surface area contributed by atoms with E-state index in [0.717, 1.165) is 44.4 Å². The molecule has 4 heterocycles. The lowest BCUT2D eigenvalue weighted by molar-refractivity contribution is 0.0828. The zero-order valence-electron chi connectivity index (χ0n) is 30.0. The molecule has 1 aromatic carbocycles. The van der Waals surface area contributed by atoms with Crippen LogP contribution in [-0.2, 0) is 9.48 Å². The molecule has 9 atom stereocenters. The third-order valence-electron chi connectivity index (χ3n) is 13.4. The molecule has 2 N–H and O–H groups in total. The molecule has 264 valence electrons. The SMILES string of the molecule is CC12SC3=C(CCC=C3)C1C=Cc1c2n(C2C=CC3=C(C2)OC2CC(C4NC(C5=CCCCC5)=NC(C5C=CC=CC5)N4)C=CC32)c2ccccc12. The van der Waals surface area contributed by atoms with Gasteiger partial charge in [0, 0.05) is 62.7 Å². The topological polar surface area (TPSA) is 50.6 Å². The zero-order chi connectivity index (χ0) is 34.4. The minimum atomic E-state index is -0.0250. The summed E-state index contributed by atoms with van der Waals surface area (Å²) in [7, 11) is 0. The summed E-state index contributed by atoms with van der Waals surface area (Å²) in [4.78, 5) is 6.78. The van der Waals surface area contributed by atoms with Gasteiger partial charge in [0.1, 0.15) is 23.9 Å². The minimum Gasteiger partial charge on any atom is -0.493 e. The maximum Gasteiger partial charge on any atom is 0.126 e. The van der Waals surface area contributed by atoms with Crippen molar-refractivity contribution in [3.8, 4) is 0 Å². The highest BCUT2D eigenvalue weighted by atomic mass is 32.2. The summed E-state index contributed by atoms with van der Waals surface area (Å²) in [5.41, 5.74) is 8.66. The van der Waals surface area contributed by atoms with E-state index in [2.05, 4.69) is 137 Å². The van der Waals surface area contributed by atoms with E-state index >= 15 is 0 Å². The molecule has 2 aromatic rings. The lowest BCUT2D eigenvalue weighted by Crippen LogP contribution is -2.59. The van der Waals surface area contributed by atoms with Gasteiger partial charge in [0.05, 0.1) is 17.0 Å². The Bertz CT molecular complexity index is 2170. The van der Waals surface area contributed by atoms with Crippen LogP contribution >= 0.6 is 11.8 Å². The third kappa shape index (κ3) is 4.89. The number of aliphatic imine (C=N–C) groups is 1. The molecule has 0 amide bonds. The Morgan fingerprint density at radius 1 is 0.942 bits per heavy atom. The van der Waals surface area contributed by atoms with E-state index in [0.29, 0.717) is 23.7 Å². The number of amidine groups is 1. The molecule has 1 aromatic heterocycles. The summed E-state index contributed by atoms with van der Waals surface area (Å²) in [5, 5.41) is 9.21. The highest BCUT2D eigenvalue weighted by Gasteiger charge is 2.51. The molecule has 9 unspecified atom stereocenters. The van der Waals surface area contributed by atoms with E-state index < -0.39 is 0 Å². The van der Waals surface area contributed by atoms with Crippen LogP contribution in [0.4, 0.5) is 0 Å². The third-order valence-corrected chi connectivity index (χ3v) is 14.8. The number of fused-ring (bicyclic) bond motifs is 8. The Morgan fingerprint density at radius 3 is 2.81 bits per heavy atom. The van der Waals surface area contributed by atoms with Crippen molar-refractivity contribution < 1.29 is 4.74 Å². The second kappa shape index (κ2) is 12.3. The number of hydrogen-bond donors (Lipinski definition) is 2. The van der Waals surface area contributed by atoms with Gasteiger partial charge in [-0.05, 0) is 75.5 Å². The maximum absolute atomic E-state index is 7.06. The van der Waals surface area contributed by atoms with Gasteiger partial charge in [0.25, 0.3) is 0 Å². The van der Waals surface area contributed by atoms with Crippen LogP contribution in [0.3, 0.4) is 0 Å². The van der Waals surface area contributed by atoms with Crippen LogP contribution in [0, 0.1) is 23.7 Å². The van der Waals surface area contributed by atoms with E-state index in [1.54, 1.807) is 5.57 Å². The van der Waals surface area contributed by atoms with E-state index in [1.165, 1.54) is 63.2 Å². The van der Waals surface area contributed by atoms with E-state index in [1.807, 2.05) is 0 Å². The van der Waals surface area contributed by atoms with Crippen molar-refractivity contribution in [3.05, 3.63) is 136 Å². The van der Waals surface area contributed by atoms with Gasteiger partial charge in [-0.1, -0.05) is 97.2 Å². The standard InChI is InChI=1S/C46H48N4OS/c1-46-37(36-17-9-11-19-41(36)52-46)25-24-35-32-16-8-10-18-38(32)50(42(35)46)31-21-23-34-33-22-20-30(26-39(33)51-40(34)27-31)45-48-43(28-12-4-2-5-13-28)47-44(49-45)29-14-6-3-7-15-29/h2,4-5,8,10-12,14,16,18-25,28,30-31,33,37,39,43,45,48H,3,6-7,9,13,15,17,26-27H2,1H3,(H,47,49). The van der Waals surface area contributed by atoms with Crippen LogP contribution in [0.25, 0.3) is 17.0 Å². The van der Waals surface area contributed by atoms with Crippen LogP contribution in [0.5, 0.6) is 0 Å². The molecular formula is C46H48N4OS. The fourth-order valence-corrected chi connectivity index (χ4v) is 12.4. The Hall–Kier alpha value is -4.00. The van der Waals surface area contributed by atoms with Crippen LogP contribution in [0.15, 0.2) is 130 Å². The van der Waals surface area contributed by atoms with E-state index in [-0.39, 0.29) is 29.2 Å². The van der Waals surface area contributed by atoms with Gasteiger partial charge in [-0.25, -0.2) is 4.99 Å². The molecule has 9 aliphatic rings. The summed E-state index contributed by atoms with van der Waals surface area (Å²) in [6.45, 7) is 2.51. The van der Waals surface area contributed by atoms with Crippen molar-refractivity contribution in [3.63, 3.8) is 0 Å². The van der Waals surface area contributed by atoms with E-state index in [9.17, 15) is 0 Å². The second-order valence-corrected chi connectivity index (χ2v) is 17.9. The molecule has 0 bridgehead atoms. The molecule has 6 aliphatic carbocycles. The minimum absolute atomic E-state index is 0.0250. The van der Waals surface area contributed by atoms with Crippen LogP contribution < -0.4 is 10.6 Å². The van der Waals surface area contributed by atoms with Crippen LogP contribution in [0.2, 0.25) is 0 Å². The van der Waals surface area contributed by atoms with Gasteiger partial charge in [-0.15, -0.1) is 11.8 Å². The maximum atomic E-state index is 7.06. The number of rotatable bonds is 4. The average Bonchev–Trinajstić information content (AvgIpc) is 3.85. The fourth-order valence-electron chi connectivity index (χ4n) is 10.8. The van der Waals surface area contributed by atoms with Gasteiger partial charge in [0.15, 0.2) is 0 Å². The van der Waals surface area contributed by atoms with E-state index in [4.69, 9.17) is 9.73 Å². The number of hydrogen-bond acceptors (Lipinski definition) is 5. The van der Waals surface area contributed by atoms with Gasteiger partial charge in [-0.2, -0.15) is 0 Å². The van der Waals surface area contributed by atoms with Crippen molar-refractivity contribution in [2.24, 2.45) is 28.7 Å². The van der Waals surface area contributed by atoms with Gasteiger partial charge in [0.2, 0.25) is 0 Å². The number of para-hydroxylation sites is 1. The van der Waals surface area contributed by atoms with Crippen molar-refractivity contribution in [2.45, 2.75) is 93.9 Å². The Morgan fingerprint density at radius 2 is 1.90 bits per heavy atom. The predicted molar refractivity (Wildman–Crippen MR) is 214 cm³/mol. The molecule has 52 heavy (non-hydrogen) atoms. The largest absolute Gasteiger partial charge is 0.493 e. The first kappa shape index (κ1) is 31.5. The molecule has 0 radical (unpaired) electrons. The Labute approximate surface area is 311 Å². The van der Waals surface area contributed by atoms with Crippen molar-refractivity contribution in [1.29, 1.82) is 0 Å². The first-order valence-electron chi connectivity index (χ1n) is 19.9. The summed E-state index contributed by atoms with van der Waals surface area (Å²) in [5.74, 6) is 3.76. The van der Waals surface area contributed by atoms with Crippen molar-refractivity contribution in [2.75, 3.05) is 0 Å². The second-order valence-electron chi connectivity index (χ2n) is 16.4. The van der Waals surface area contributed by atoms with Crippen LogP contribution in [-0.4, -0.2) is 28.8 Å². The fraction of sp³-hybridized carbons (Fsp3) is 0.413. The number of nitrogens with one attached hydrogen (secondary N) is 2. The lowest BCUT2D eigenvalue weighted by Gasteiger charge is -2.40. The number of allylic oxidation sites excluding steroid dienone is 11. The first-order valence-corrected chi connectivity index (χ1v) is 20.7. The normalized spacial score (nSPS) is 36.9. The molecule has 0 spiro atoms. The summed E-state index contributed by atoms with van der Waals surface area (Å²) in [6, 6.07) is 9.30. The molecule has 3 aliphatic heterocycles. The van der Waals surface area contributed by atoms with Crippen molar-refractivity contribution >= 4 is 34.6 Å².